The molecule has 28 heavy (non-hydrogen) atoms. The number of rotatable bonds is 7. The third-order valence-electron chi connectivity index (χ3n) is 3.95. The molecule has 5 atom stereocenters. The summed E-state index contributed by atoms with van der Waals surface area (Å²) in [6.45, 7) is 3.41. The van der Waals surface area contributed by atoms with E-state index in [1.54, 1.807) is 0 Å². The molecule has 0 spiro atoms. The molecule has 0 saturated carbocycles. The molecule has 0 unspecified atom stereocenters. The van der Waals surface area contributed by atoms with Crippen LogP contribution in [0.3, 0.4) is 0 Å². The van der Waals surface area contributed by atoms with Gasteiger partial charge < -0.3 is 28.8 Å². The first-order chi connectivity index (χ1) is 13.3. The van der Waals surface area contributed by atoms with Crippen molar-refractivity contribution in [3.8, 4) is 0 Å². The number of hydrogen-bond acceptors (Lipinski definition) is 9. The first kappa shape index (κ1) is 21.8. The van der Waals surface area contributed by atoms with Gasteiger partial charge in [0.15, 0.2) is 18.5 Å². The highest BCUT2D eigenvalue weighted by Gasteiger charge is 2.50. The molecule has 1 aliphatic rings. The second kappa shape index (κ2) is 10.2. The lowest BCUT2D eigenvalue weighted by Gasteiger charge is -2.43. The first-order valence-electron chi connectivity index (χ1n) is 8.74. The third kappa shape index (κ3) is 6.29. The van der Waals surface area contributed by atoms with Crippen LogP contribution in [-0.4, -0.2) is 60.3 Å². The van der Waals surface area contributed by atoms with Crippen molar-refractivity contribution in [3.63, 3.8) is 0 Å². The maximum absolute atomic E-state index is 11.6. The van der Waals surface area contributed by atoms with E-state index in [0.29, 0.717) is 0 Å². The van der Waals surface area contributed by atoms with Gasteiger partial charge in [-0.3, -0.25) is 14.4 Å². The van der Waals surface area contributed by atoms with Gasteiger partial charge in [-0.15, -0.1) is 0 Å². The molecule has 1 heterocycles. The van der Waals surface area contributed by atoms with E-state index in [-0.39, 0.29) is 13.2 Å². The van der Waals surface area contributed by atoms with Gasteiger partial charge in [-0.2, -0.15) is 0 Å². The Balaban J connectivity index is 2.26. The van der Waals surface area contributed by atoms with Gasteiger partial charge in [-0.25, -0.2) is 0 Å². The van der Waals surface area contributed by atoms with Crippen LogP contribution in [0.1, 0.15) is 26.3 Å². The van der Waals surface area contributed by atoms with Crippen molar-refractivity contribution >= 4 is 17.9 Å². The van der Waals surface area contributed by atoms with E-state index in [9.17, 15) is 19.5 Å². The maximum Gasteiger partial charge on any atom is 0.303 e. The minimum atomic E-state index is -1.56. The molecule has 0 aliphatic carbocycles. The number of aliphatic hydroxyl groups excluding tert-OH is 1. The molecule has 154 valence electrons. The molecule has 0 amide bonds. The summed E-state index contributed by atoms with van der Waals surface area (Å²) < 4.78 is 26.7. The molecular formula is C19H24O9. The minimum absolute atomic E-state index is 0.105. The molecule has 1 aromatic carbocycles. The lowest BCUT2D eigenvalue weighted by Crippen LogP contribution is -2.62. The quantitative estimate of drug-likeness (QED) is 0.525. The molecule has 0 radical (unpaired) electrons. The van der Waals surface area contributed by atoms with Crippen LogP contribution in [0.4, 0.5) is 0 Å². The Morgan fingerprint density at radius 2 is 1.54 bits per heavy atom. The summed E-state index contributed by atoms with van der Waals surface area (Å²) in [6.07, 6.45) is -5.92. The molecule has 2 rings (SSSR count). The second-order valence-corrected chi connectivity index (χ2v) is 6.28. The Morgan fingerprint density at radius 1 is 0.929 bits per heavy atom. The Kier molecular flexibility index (Phi) is 7.91. The molecule has 1 aliphatic heterocycles. The predicted molar refractivity (Wildman–Crippen MR) is 93.6 cm³/mol. The zero-order chi connectivity index (χ0) is 20.7. The van der Waals surface area contributed by atoms with Crippen LogP contribution in [0, 0.1) is 0 Å². The lowest BCUT2D eigenvalue weighted by molar-refractivity contribution is -0.302. The normalized spacial score (nSPS) is 26.9. The Hall–Kier alpha value is -2.49. The zero-order valence-corrected chi connectivity index (χ0v) is 15.9. The molecular weight excluding hydrogens is 372 g/mol. The Bertz CT molecular complexity index is 675. The van der Waals surface area contributed by atoms with Crippen molar-refractivity contribution in [1.29, 1.82) is 0 Å². The van der Waals surface area contributed by atoms with E-state index >= 15 is 0 Å². The number of benzene rings is 1. The molecule has 9 nitrogen and oxygen atoms in total. The van der Waals surface area contributed by atoms with E-state index in [0.717, 1.165) is 5.56 Å². The van der Waals surface area contributed by atoms with Gasteiger partial charge in [0.1, 0.15) is 18.8 Å². The minimum Gasteiger partial charge on any atom is -0.463 e. The Morgan fingerprint density at radius 3 is 2.11 bits per heavy atom. The third-order valence-corrected chi connectivity index (χ3v) is 3.95. The van der Waals surface area contributed by atoms with Gasteiger partial charge >= 0.3 is 17.9 Å². The highest BCUT2D eigenvalue weighted by atomic mass is 16.7. The molecule has 0 bridgehead atoms. The number of hydrogen-bond donors (Lipinski definition) is 1. The second-order valence-electron chi connectivity index (χ2n) is 6.28. The molecule has 1 N–H and O–H groups in total. The molecule has 9 heteroatoms. The van der Waals surface area contributed by atoms with Crippen molar-refractivity contribution in [3.05, 3.63) is 35.9 Å². The van der Waals surface area contributed by atoms with Crippen molar-refractivity contribution in [2.75, 3.05) is 6.61 Å². The number of carbonyl (C=O) groups excluding carboxylic acids is 3. The highest BCUT2D eigenvalue weighted by molar-refractivity contribution is 5.67. The van der Waals surface area contributed by atoms with Gasteiger partial charge in [-0.1, -0.05) is 30.3 Å². The van der Waals surface area contributed by atoms with Gasteiger partial charge in [0, 0.05) is 20.8 Å². The fourth-order valence-electron chi connectivity index (χ4n) is 2.84. The van der Waals surface area contributed by atoms with Crippen LogP contribution < -0.4 is 0 Å². The average Bonchev–Trinajstić information content (AvgIpc) is 2.62. The SMILES string of the molecule is CC(=O)OC[C@H]1O[C@@H](O)[C@@H](OC(C)=O)[C@H](OCc2ccccc2)[C@@H]1OC(C)=O. The van der Waals surface area contributed by atoms with E-state index in [1.807, 2.05) is 30.3 Å². The Labute approximate surface area is 162 Å². The zero-order valence-electron chi connectivity index (χ0n) is 15.9. The number of esters is 3. The van der Waals surface area contributed by atoms with Crippen LogP contribution in [0.5, 0.6) is 0 Å². The monoisotopic (exact) mass is 396 g/mol. The summed E-state index contributed by atoms with van der Waals surface area (Å²) in [5.74, 6) is -1.86. The maximum atomic E-state index is 11.6. The van der Waals surface area contributed by atoms with E-state index < -0.39 is 48.6 Å². The van der Waals surface area contributed by atoms with E-state index in [1.165, 1.54) is 20.8 Å². The fraction of sp³-hybridized carbons (Fsp3) is 0.526. The smallest absolute Gasteiger partial charge is 0.303 e. The summed E-state index contributed by atoms with van der Waals surface area (Å²) in [4.78, 5) is 34.2. The first-order valence-corrected chi connectivity index (χ1v) is 8.74. The van der Waals surface area contributed by atoms with Crippen LogP contribution in [0.15, 0.2) is 30.3 Å². The number of carbonyl (C=O) groups is 3. The van der Waals surface area contributed by atoms with Crippen molar-refractivity contribution < 1.29 is 43.2 Å². The summed E-state index contributed by atoms with van der Waals surface area (Å²) >= 11 is 0. The van der Waals surface area contributed by atoms with E-state index in [4.69, 9.17) is 23.7 Å². The summed E-state index contributed by atoms with van der Waals surface area (Å²) in [7, 11) is 0. The van der Waals surface area contributed by atoms with Crippen molar-refractivity contribution in [2.24, 2.45) is 0 Å². The predicted octanol–water partition coefficient (Wildman–Crippen LogP) is 0.715. The van der Waals surface area contributed by atoms with Crippen LogP contribution in [0.25, 0.3) is 0 Å². The van der Waals surface area contributed by atoms with Crippen LogP contribution in [-0.2, 0) is 44.7 Å². The van der Waals surface area contributed by atoms with Gasteiger partial charge in [0.2, 0.25) is 0 Å². The molecule has 1 aromatic rings. The number of aliphatic hydroxyl groups is 1. The van der Waals surface area contributed by atoms with Crippen LogP contribution in [0.2, 0.25) is 0 Å². The van der Waals surface area contributed by atoms with Crippen molar-refractivity contribution in [2.45, 2.75) is 58.1 Å². The lowest BCUT2D eigenvalue weighted by atomic mass is 9.98. The standard InChI is InChI=1S/C19H24O9/c1-11(20)24-10-15-16(26-12(2)21)17(18(19(23)28-15)27-13(3)22)25-9-14-7-5-4-6-8-14/h4-8,15-19,23H,9-10H2,1-3H3/t15-,16-,17-,18+,19-/m1/s1. The van der Waals surface area contributed by atoms with E-state index in [2.05, 4.69) is 0 Å². The fourth-order valence-corrected chi connectivity index (χ4v) is 2.84. The molecule has 1 fully saturated rings. The molecule has 0 aromatic heterocycles. The molecule has 1 saturated heterocycles. The highest BCUT2D eigenvalue weighted by Crippen LogP contribution is 2.28. The summed E-state index contributed by atoms with van der Waals surface area (Å²) in [5.41, 5.74) is 0.822. The largest absolute Gasteiger partial charge is 0.463 e. The van der Waals surface area contributed by atoms with Crippen molar-refractivity contribution in [1.82, 2.24) is 0 Å². The summed E-state index contributed by atoms with van der Waals surface area (Å²) in [6, 6.07) is 9.16. The topological polar surface area (TPSA) is 118 Å². The van der Waals surface area contributed by atoms with Gasteiger partial charge in [-0.05, 0) is 5.56 Å². The van der Waals surface area contributed by atoms with Gasteiger partial charge in [0.25, 0.3) is 0 Å². The average molecular weight is 396 g/mol. The van der Waals surface area contributed by atoms with Gasteiger partial charge in [0.05, 0.1) is 6.61 Å². The van der Waals surface area contributed by atoms with Crippen LogP contribution >= 0.6 is 0 Å². The summed E-state index contributed by atoms with van der Waals surface area (Å²) in [5, 5.41) is 10.3. The number of ether oxygens (including phenoxy) is 5.